The first-order valence-corrected chi connectivity index (χ1v) is 5.29. The second-order valence-electron chi connectivity index (χ2n) is 3.78. The van der Waals surface area contributed by atoms with Crippen LogP contribution in [-0.2, 0) is 11.2 Å². The molecule has 0 saturated heterocycles. The molecule has 0 unspecified atom stereocenters. The van der Waals surface area contributed by atoms with Crippen LogP contribution >= 0.6 is 0 Å². The fraction of sp³-hybridized carbons (Fsp3) is 0.0714. The summed E-state index contributed by atoms with van der Waals surface area (Å²) >= 11 is 0. The molecule has 0 radical (unpaired) electrons. The maximum absolute atomic E-state index is 13.7. The van der Waals surface area contributed by atoms with Crippen molar-refractivity contribution in [1.29, 1.82) is 0 Å². The van der Waals surface area contributed by atoms with Crippen LogP contribution in [0.1, 0.15) is 5.56 Å². The topological polar surface area (TPSA) is 43.1 Å². The van der Waals surface area contributed by atoms with E-state index in [0.717, 1.165) is 5.56 Å². The van der Waals surface area contributed by atoms with Crippen molar-refractivity contribution in [2.45, 2.75) is 6.42 Å². The molecule has 0 heterocycles. The summed E-state index contributed by atoms with van der Waals surface area (Å²) in [4.78, 5) is 11.0. The lowest BCUT2D eigenvalue weighted by atomic mass is 9.97. The van der Waals surface area contributed by atoms with E-state index in [9.17, 15) is 9.18 Å². The molecule has 2 aromatic rings. The molecule has 0 aliphatic carbocycles. The summed E-state index contributed by atoms with van der Waals surface area (Å²) in [7, 11) is 0. The van der Waals surface area contributed by atoms with E-state index in [0.29, 0.717) is 11.1 Å². The molecule has 17 heavy (non-hydrogen) atoms. The van der Waals surface area contributed by atoms with E-state index in [1.54, 1.807) is 12.1 Å². The lowest BCUT2D eigenvalue weighted by molar-refractivity contribution is -0.117. The first-order chi connectivity index (χ1) is 8.18. The number of benzene rings is 2. The summed E-state index contributed by atoms with van der Waals surface area (Å²) in [6, 6.07) is 14.1. The van der Waals surface area contributed by atoms with Crippen LogP contribution in [0.25, 0.3) is 11.1 Å². The van der Waals surface area contributed by atoms with Crippen LogP contribution in [0.3, 0.4) is 0 Å². The Labute approximate surface area is 98.9 Å². The van der Waals surface area contributed by atoms with Crippen molar-refractivity contribution >= 4 is 5.91 Å². The number of carbonyl (C=O) groups is 1. The number of carbonyl (C=O) groups excluding carboxylic acids is 1. The zero-order valence-electron chi connectivity index (χ0n) is 9.19. The van der Waals surface area contributed by atoms with Gasteiger partial charge in [-0.1, -0.05) is 42.5 Å². The molecule has 0 spiro atoms. The summed E-state index contributed by atoms with van der Waals surface area (Å²) in [6.45, 7) is 0. The summed E-state index contributed by atoms with van der Waals surface area (Å²) in [5, 5.41) is 0. The molecular weight excluding hydrogens is 217 g/mol. The van der Waals surface area contributed by atoms with E-state index >= 15 is 0 Å². The molecule has 0 fully saturated rings. The van der Waals surface area contributed by atoms with Gasteiger partial charge in [0.25, 0.3) is 0 Å². The van der Waals surface area contributed by atoms with Gasteiger partial charge in [-0.05, 0) is 17.2 Å². The first kappa shape index (κ1) is 11.3. The van der Waals surface area contributed by atoms with Crippen molar-refractivity contribution in [3.63, 3.8) is 0 Å². The highest BCUT2D eigenvalue weighted by molar-refractivity contribution is 5.80. The number of amides is 1. The summed E-state index contributed by atoms with van der Waals surface area (Å²) in [6.07, 6.45) is -0.0864. The Bertz CT molecular complexity index is 537. The number of hydrogen-bond acceptors (Lipinski definition) is 1. The van der Waals surface area contributed by atoms with Crippen LogP contribution in [0.4, 0.5) is 4.39 Å². The van der Waals surface area contributed by atoms with Gasteiger partial charge in [0.15, 0.2) is 0 Å². The molecule has 0 bridgehead atoms. The zero-order valence-corrected chi connectivity index (χ0v) is 9.19. The Kier molecular flexibility index (Phi) is 3.19. The Hall–Kier alpha value is -2.16. The van der Waals surface area contributed by atoms with E-state index in [1.807, 2.05) is 30.3 Å². The van der Waals surface area contributed by atoms with Gasteiger partial charge in [0.2, 0.25) is 5.91 Å². The Balaban J connectivity index is 2.54. The summed E-state index contributed by atoms with van der Waals surface area (Å²) < 4.78 is 13.7. The first-order valence-electron chi connectivity index (χ1n) is 5.29. The van der Waals surface area contributed by atoms with Gasteiger partial charge in [0.1, 0.15) is 5.82 Å². The van der Waals surface area contributed by atoms with Gasteiger partial charge in [-0.15, -0.1) is 0 Å². The lowest BCUT2D eigenvalue weighted by Gasteiger charge is -2.09. The van der Waals surface area contributed by atoms with Crippen molar-refractivity contribution in [2.75, 3.05) is 0 Å². The molecular formula is C14H12FNO. The number of hydrogen-bond donors (Lipinski definition) is 1. The number of rotatable bonds is 3. The van der Waals surface area contributed by atoms with Gasteiger partial charge in [-0.25, -0.2) is 4.39 Å². The van der Waals surface area contributed by atoms with E-state index in [2.05, 4.69) is 0 Å². The van der Waals surface area contributed by atoms with Crippen LogP contribution < -0.4 is 5.73 Å². The quantitative estimate of drug-likeness (QED) is 0.863. The maximum atomic E-state index is 13.7. The van der Waals surface area contributed by atoms with Gasteiger partial charge in [0, 0.05) is 5.56 Å². The highest BCUT2D eigenvalue weighted by atomic mass is 19.1. The van der Waals surface area contributed by atoms with Crippen molar-refractivity contribution in [3.8, 4) is 11.1 Å². The third-order valence-corrected chi connectivity index (χ3v) is 2.55. The van der Waals surface area contributed by atoms with Gasteiger partial charge in [0.05, 0.1) is 6.42 Å². The molecule has 0 saturated carbocycles. The number of nitrogens with two attached hydrogens (primary N) is 1. The van der Waals surface area contributed by atoms with Crippen molar-refractivity contribution < 1.29 is 9.18 Å². The number of halogens is 1. The molecule has 0 atom stereocenters. The van der Waals surface area contributed by atoms with Gasteiger partial charge < -0.3 is 5.73 Å². The second kappa shape index (κ2) is 4.78. The van der Waals surface area contributed by atoms with E-state index in [1.165, 1.54) is 6.07 Å². The molecule has 1 amide bonds. The summed E-state index contributed by atoms with van der Waals surface area (Å²) in [5.41, 5.74) is 7.08. The fourth-order valence-corrected chi connectivity index (χ4v) is 1.80. The second-order valence-corrected chi connectivity index (χ2v) is 3.78. The molecule has 0 aliphatic rings. The predicted molar refractivity (Wildman–Crippen MR) is 64.7 cm³/mol. The van der Waals surface area contributed by atoms with Crippen molar-refractivity contribution in [3.05, 3.63) is 59.9 Å². The SMILES string of the molecule is NC(=O)Cc1c(F)cccc1-c1ccccc1. The monoisotopic (exact) mass is 229 g/mol. The van der Waals surface area contributed by atoms with Gasteiger partial charge in [-0.3, -0.25) is 4.79 Å². The Morgan fingerprint density at radius 2 is 1.76 bits per heavy atom. The predicted octanol–water partition coefficient (Wildman–Crippen LogP) is 2.52. The molecule has 86 valence electrons. The van der Waals surface area contributed by atoms with Crippen molar-refractivity contribution in [2.24, 2.45) is 5.73 Å². The highest BCUT2D eigenvalue weighted by Crippen LogP contribution is 2.25. The van der Waals surface area contributed by atoms with E-state index in [4.69, 9.17) is 5.73 Å². The Morgan fingerprint density at radius 3 is 2.41 bits per heavy atom. The molecule has 3 heteroatoms. The minimum Gasteiger partial charge on any atom is -0.369 e. The lowest BCUT2D eigenvalue weighted by Crippen LogP contribution is -2.15. The molecule has 0 aliphatic heterocycles. The van der Waals surface area contributed by atoms with E-state index < -0.39 is 11.7 Å². The zero-order chi connectivity index (χ0) is 12.3. The minimum absolute atomic E-state index is 0.0864. The van der Waals surface area contributed by atoms with Crippen LogP contribution in [0.15, 0.2) is 48.5 Å². The van der Waals surface area contributed by atoms with Crippen LogP contribution in [0, 0.1) is 5.82 Å². The van der Waals surface area contributed by atoms with Crippen LogP contribution in [-0.4, -0.2) is 5.91 Å². The van der Waals surface area contributed by atoms with Gasteiger partial charge in [-0.2, -0.15) is 0 Å². The van der Waals surface area contributed by atoms with Gasteiger partial charge >= 0.3 is 0 Å². The molecule has 0 aromatic heterocycles. The number of primary amides is 1. The normalized spacial score (nSPS) is 10.2. The standard InChI is InChI=1S/C14H12FNO/c15-13-8-4-7-11(12(13)9-14(16)17)10-5-2-1-3-6-10/h1-8H,9H2,(H2,16,17). The largest absolute Gasteiger partial charge is 0.369 e. The average molecular weight is 229 g/mol. The molecule has 2 nitrogen and oxygen atoms in total. The minimum atomic E-state index is -0.535. The third kappa shape index (κ3) is 2.50. The van der Waals surface area contributed by atoms with Crippen molar-refractivity contribution in [1.82, 2.24) is 0 Å². The third-order valence-electron chi connectivity index (χ3n) is 2.55. The van der Waals surface area contributed by atoms with Crippen LogP contribution in [0.5, 0.6) is 0 Å². The van der Waals surface area contributed by atoms with E-state index in [-0.39, 0.29) is 6.42 Å². The maximum Gasteiger partial charge on any atom is 0.221 e. The summed E-state index contributed by atoms with van der Waals surface area (Å²) in [5.74, 6) is -0.933. The molecule has 2 aromatic carbocycles. The smallest absolute Gasteiger partial charge is 0.221 e. The fourth-order valence-electron chi connectivity index (χ4n) is 1.80. The molecule has 2 rings (SSSR count). The van der Waals surface area contributed by atoms with Crippen LogP contribution in [0.2, 0.25) is 0 Å². The Morgan fingerprint density at radius 1 is 1.06 bits per heavy atom. The highest BCUT2D eigenvalue weighted by Gasteiger charge is 2.11. The molecule has 2 N–H and O–H groups in total. The average Bonchev–Trinajstić information content (AvgIpc) is 2.32.